The summed E-state index contributed by atoms with van der Waals surface area (Å²) in [5.74, 6) is 2.02. The fraction of sp³-hybridized carbons (Fsp3) is 0.625. The van der Waals surface area contributed by atoms with E-state index in [1.165, 1.54) is 6.92 Å². The van der Waals surface area contributed by atoms with Crippen molar-refractivity contribution < 1.29 is 9.50 Å². The highest BCUT2D eigenvalue weighted by molar-refractivity contribution is 5.32. The van der Waals surface area contributed by atoms with E-state index in [9.17, 15) is 9.50 Å². The first kappa shape index (κ1) is 8.04. The van der Waals surface area contributed by atoms with E-state index < -0.39 is 17.2 Å². The standard InChI is InChI=1S/C8H8FNO/c1-3-7(2,11)8(5-10)4-6(8)9/h1,6,11H,4H2,2H3/t6-,7+,8+/m1/s1. The van der Waals surface area contributed by atoms with E-state index >= 15 is 0 Å². The van der Waals surface area contributed by atoms with Crippen molar-refractivity contribution in [3.8, 4) is 18.4 Å². The quantitative estimate of drug-likeness (QED) is 0.561. The normalized spacial score (nSPS) is 39.9. The Labute approximate surface area is 64.6 Å². The third-order valence-corrected chi connectivity index (χ3v) is 2.23. The minimum atomic E-state index is -1.64. The van der Waals surface area contributed by atoms with Crippen molar-refractivity contribution in [2.24, 2.45) is 5.41 Å². The Hall–Kier alpha value is -1.06. The number of halogens is 1. The zero-order valence-electron chi connectivity index (χ0n) is 6.13. The van der Waals surface area contributed by atoms with Crippen LogP contribution in [-0.2, 0) is 0 Å². The molecule has 0 aliphatic heterocycles. The second kappa shape index (κ2) is 1.96. The number of alkyl halides is 1. The van der Waals surface area contributed by atoms with E-state index in [0.717, 1.165) is 0 Å². The first-order chi connectivity index (χ1) is 5.00. The van der Waals surface area contributed by atoms with Crippen molar-refractivity contribution in [1.29, 1.82) is 5.26 Å². The van der Waals surface area contributed by atoms with Crippen LogP contribution in [0.5, 0.6) is 0 Å². The molecule has 3 atom stereocenters. The van der Waals surface area contributed by atoms with Crippen LogP contribution in [0, 0.1) is 29.1 Å². The summed E-state index contributed by atoms with van der Waals surface area (Å²) < 4.78 is 12.6. The highest BCUT2D eigenvalue weighted by atomic mass is 19.1. The van der Waals surface area contributed by atoms with Crippen LogP contribution in [0.2, 0.25) is 0 Å². The summed E-state index contributed by atoms with van der Waals surface area (Å²) in [4.78, 5) is 0. The van der Waals surface area contributed by atoms with Gasteiger partial charge in [-0.2, -0.15) is 5.26 Å². The maximum absolute atomic E-state index is 12.6. The summed E-state index contributed by atoms with van der Waals surface area (Å²) in [6, 6.07) is 1.73. The Balaban J connectivity index is 2.94. The zero-order valence-corrected chi connectivity index (χ0v) is 6.13. The first-order valence-corrected chi connectivity index (χ1v) is 3.25. The third-order valence-electron chi connectivity index (χ3n) is 2.23. The van der Waals surface area contributed by atoms with Crippen molar-refractivity contribution in [3.63, 3.8) is 0 Å². The Bertz CT molecular complexity index is 260. The lowest BCUT2D eigenvalue weighted by atomic mass is 9.88. The van der Waals surface area contributed by atoms with Crippen LogP contribution in [0.1, 0.15) is 13.3 Å². The van der Waals surface area contributed by atoms with Crippen LogP contribution in [0.15, 0.2) is 0 Å². The minimum Gasteiger partial charge on any atom is -0.376 e. The van der Waals surface area contributed by atoms with Gasteiger partial charge in [-0.25, -0.2) is 4.39 Å². The number of nitrogens with zero attached hydrogens (tertiary/aromatic N) is 1. The molecule has 1 aliphatic carbocycles. The Morgan fingerprint density at radius 3 is 2.45 bits per heavy atom. The molecule has 11 heavy (non-hydrogen) atoms. The largest absolute Gasteiger partial charge is 0.376 e. The van der Waals surface area contributed by atoms with Crippen LogP contribution >= 0.6 is 0 Å². The van der Waals surface area contributed by atoms with Crippen molar-refractivity contribution in [3.05, 3.63) is 0 Å². The first-order valence-electron chi connectivity index (χ1n) is 3.25. The summed E-state index contributed by atoms with van der Waals surface area (Å²) in [6.45, 7) is 1.29. The van der Waals surface area contributed by atoms with Crippen molar-refractivity contribution in [2.45, 2.75) is 25.1 Å². The Kier molecular flexibility index (Phi) is 1.44. The van der Waals surface area contributed by atoms with Gasteiger partial charge < -0.3 is 5.11 Å². The van der Waals surface area contributed by atoms with Crippen LogP contribution in [-0.4, -0.2) is 16.9 Å². The second-order valence-corrected chi connectivity index (χ2v) is 2.97. The minimum absolute atomic E-state index is 0.0424. The lowest BCUT2D eigenvalue weighted by Gasteiger charge is -2.20. The maximum Gasteiger partial charge on any atom is 0.143 e. The van der Waals surface area contributed by atoms with Crippen LogP contribution in [0.3, 0.4) is 0 Å². The molecule has 1 fully saturated rings. The van der Waals surface area contributed by atoms with Gasteiger partial charge in [0.2, 0.25) is 0 Å². The van der Waals surface area contributed by atoms with E-state index in [-0.39, 0.29) is 6.42 Å². The number of rotatable bonds is 1. The molecule has 0 heterocycles. The van der Waals surface area contributed by atoms with Gasteiger partial charge in [-0.3, -0.25) is 0 Å². The predicted molar refractivity (Wildman–Crippen MR) is 37.0 cm³/mol. The predicted octanol–water partition coefficient (Wildman–Crippen LogP) is 0.622. The molecule has 0 saturated heterocycles. The molecule has 0 bridgehead atoms. The monoisotopic (exact) mass is 153 g/mol. The van der Waals surface area contributed by atoms with E-state index in [0.29, 0.717) is 0 Å². The smallest absolute Gasteiger partial charge is 0.143 e. The molecule has 0 unspecified atom stereocenters. The molecule has 3 heteroatoms. The molecule has 1 N–H and O–H groups in total. The number of hydrogen-bond donors (Lipinski definition) is 1. The lowest BCUT2D eigenvalue weighted by Crippen LogP contribution is -2.35. The van der Waals surface area contributed by atoms with Gasteiger partial charge in [0.1, 0.15) is 17.2 Å². The summed E-state index contributed by atoms with van der Waals surface area (Å²) in [5.41, 5.74) is -2.98. The maximum atomic E-state index is 12.6. The molecule has 0 aromatic rings. The molecule has 1 aliphatic rings. The van der Waals surface area contributed by atoms with Gasteiger partial charge in [0.15, 0.2) is 0 Å². The van der Waals surface area contributed by atoms with E-state index in [4.69, 9.17) is 11.7 Å². The summed E-state index contributed by atoms with van der Waals surface area (Å²) in [7, 11) is 0. The van der Waals surface area contributed by atoms with E-state index in [2.05, 4.69) is 0 Å². The molecule has 0 radical (unpaired) electrons. The molecular formula is C8H8FNO. The highest BCUT2D eigenvalue weighted by Crippen LogP contribution is 2.55. The second-order valence-electron chi connectivity index (χ2n) is 2.97. The van der Waals surface area contributed by atoms with Gasteiger partial charge in [-0.05, 0) is 6.92 Å². The number of aliphatic hydroxyl groups is 1. The van der Waals surface area contributed by atoms with Crippen molar-refractivity contribution >= 4 is 0 Å². The van der Waals surface area contributed by atoms with E-state index in [1.54, 1.807) is 6.07 Å². The summed E-state index contributed by atoms with van der Waals surface area (Å²) >= 11 is 0. The molecule has 2 nitrogen and oxygen atoms in total. The zero-order chi connectivity index (χ0) is 8.70. The third kappa shape index (κ3) is 0.818. The molecule has 0 aromatic carbocycles. The van der Waals surface area contributed by atoms with Gasteiger partial charge in [-0.1, -0.05) is 5.92 Å². The number of hydrogen-bond acceptors (Lipinski definition) is 2. The van der Waals surface area contributed by atoms with Crippen molar-refractivity contribution in [1.82, 2.24) is 0 Å². The highest BCUT2D eigenvalue weighted by Gasteiger charge is 2.66. The molecule has 0 amide bonds. The fourth-order valence-electron chi connectivity index (χ4n) is 1.08. The van der Waals surface area contributed by atoms with Gasteiger partial charge >= 0.3 is 0 Å². The molecular weight excluding hydrogens is 145 g/mol. The average molecular weight is 153 g/mol. The van der Waals surface area contributed by atoms with Gasteiger partial charge in [0.25, 0.3) is 0 Å². The van der Waals surface area contributed by atoms with Gasteiger partial charge in [0.05, 0.1) is 6.07 Å². The average Bonchev–Trinajstić information content (AvgIpc) is 2.63. The summed E-state index contributed by atoms with van der Waals surface area (Å²) in [6.07, 6.45) is 3.72. The Morgan fingerprint density at radius 2 is 2.36 bits per heavy atom. The van der Waals surface area contributed by atoms with Crippen molar-refractivity contribution in [2.75, 3.05) is 0 Å². The fourth-order valence-corrected chi connectivity index (χ4v) is 1.08. The molecule has 0 aromatic heterocycles. The van der Waals surface area contributed by atoms with Crippen LogP contribution in [0.25, 0.3) is 0 Å². The SMILES string of the molecule is C#C[C@](C)(O)[C@]1(C#N)C[C@H]1F. The van der Waals surface area contributed by atoms with E-state index in [1.807, 2.05) is 5.92 Å². The molecule has 1 saturated carbocycles. The number of nitriles is 1. The number of terminal acetylenes is 1. The Morgan fingerprint density at radius 1 is 1.91 bits per heavy atom. The summed E-state index contributed by atoms with van der Waals surface area (Å²) in [5, 5.41) is 17.9. The van der Waals surface area contributed by atoms with Crippen LogP contribution in [0.4, 0.5) is 4.39 Å². The lowest BCUT2D eigenvalue weighted by molar-refractivity contribution is 0.0562. The molecule has 1 rings (SSSR count). The van der Waals surface area contributed by atoms with Gasteiger partial charge in [-0.15, -0.1) is 6.42 Å². The van der Waals surface area contributed by atoms with Gasteiger partial charge in [0, 0.05) is 6.42 Å². The van der Waals surface area contributed by atoms with Crippen LogP contribution < -0.4 is 0 Å². The molecule has 0 spiro atoms. The topological polar surface area (TPSA) is 44.0 Å². The molecule has 58 valence electrons.